The summed E-state index contributed by atoms with van der Waals surface area (Å²) in [6.45, 7) is 1.43. The van der Waals surface area contributed by atoms with Gasteiger partial charge in [-0.2, -0.15) is 14.6 Å². The number of nitrogens with zero attached hydrogens (tertiary/aromatic N) is 5. The summed E-state index contributed by atoms with van der Waals surface area (Å²) in [5.74, 6) is -1.02. The Morgan fingerprint density at radius 1 is 1.31 bits per heavy atom. The number of nitrogen functional groups attached to an aromatic ring is 1. The Balaban J connectivity index is 1.49. The molecular weight excluding hydrogens is 518 g/mol. The topological polar surface area (TPSA) is 146 Å². The molecule has 0 radical (unpaired) electrons. The SMILES string of the molecule is C[C@@H](C(=O)O)N(C)P(=O)(OC[C@@H]1C=C[C@H](n2cnc3c(Cl)nc(N)nc32)C1)Oc1ccc(Cl)cc1. The van der Waals surface area contributed by atoms with E-state index in [2.05, 4.69) is 15.0 Å². The third kappa shape index (κ3) is 5.44. The lowest BCUT2D eigenvalue weighted by Gasteiger charge is -2.30. The Kier molecular flexibility index (Phi) is 7.35. The minimum absolute atomic E-state index is 0.0268. The molecule has 0 aliphatic heterocycles. The van der Waals surface area contributed by atoms with Gasteiger partial charge in [0.1, 0.15) is 17.3 Å². The number of hydrogen-bond acceptors (Lipinski definition) is 8. The molecule has 0 bridgehead atoms. The number of allylic oxidation sites excluding steroid dienone is 1. The van der Waals surface area contributed by atoms with E-state index in [-0.39, 0.29) is 35.4 Å². The van der Waals surface area contributed by atoms with Crippen molar-refractivity contribution in [3.63, 3.8) is 0 Å². The van der Waals surface area contributed by atoms with Crippen LogP contribution in [0, 0.1) is 5.92 Å². The Hall–Kier alpha value is -2.69. The molecule has 1 aromatic carbocycles. The Morgan fingerprint density at radius 3 is 2.71 bits per heavy atom. The Bertz CT molecular complexity index is 1320. The van der Waals surface area contributed by atoms with Crippen LogP contribution in [0.4, 0.5) is 5.95 Å². The van der Waals surface area contributed by atoms with Gasteiger partial charge in [0, 0.05) is 10.9 Å². The number of carboxylic acid groups (broad SMARTS) is 1. The summed E-state index contributed by atoms with van der Waals surface area (Å²) in [5.41, 5.74) is 6.68. The number of imidazole rings is 1. The zero-order valence-corrected chi connectivity index (χ0v) is 21.2. The fourth-order valence-electron chi connectivity index (χ4n) is 3.60. The van der Waals surface area contributed by atoms with Crippen molar-refractivity contribution in [3.05, 3.63) is 52.9 Å². The molecule has 11 nitrogen and oxygen atoms in total. The normalized spacial score (nSPS) is 20.3. The first-order chi connectivity index (χ1) is 16.6. The fourth-order valence-corrected chi connectivity index (χ4v) is 5.60. The van der Waals surface area contributed by atoms with E-state index in [0.717, 1.165) is 4.67 Å². The van der Waals surface area contributed by atoms with Gasteiger partial charge in [-0.05, 0) is 44.7 Å². The van der Waals surface area contributed by atoms with Crippen LogP contribution in [-0.4, -0.2) is 55.0 Å². The second kappa shape index (κ2) is 10.1. The van der Waals surface area contributed by atoms with Crippen LogP contribution in [0.15, 0.2) is 42.7 Å². The summed E-state index contributed by atoms with van der Waals surface area (Å²) < 4.78 is 28.1. The summed E-state index contributed by atoms with van der Waals surface area (Å²) in [5, 5.41) is 10.1. The number of benzene rings is 1. The van der Waals surface area contributed by atoms with Crippen LogP contribution in [0.1, 0.15) is 19.4 Å². The molecular formula is C21H23Cl2N6O5P. The molecule has 14 heteroatoms. The first kappa shape index (κ1) is 25.4. The molecule has 0 fully saturated rings. The molecule has 186 valence electrons. The second-order valence-electron chi connectivity index (χ2n) is 8.04. The quantitative estimate of drug-likeness (QED) is 0.227. The monoisotopic (exact) mass is 540 g/mol. The molecule has 2 heterocycles. The highest BCUT2D eigenvalue weighted by Crippen LogP contribution is 2.53. The van der Waals surface area contributed by atoms with Crippen molar-refractivity contribution in [3.8, 4) is 5.75 Å². The number of anilines is 1. The van der Waals surface area contributed by atoms with E-state index in [9.17, 15) is 14.5 Å². The van der Waals surface area contributed by atoms with Crippen LogP contribution in [0.2, 0.25) is 10.2 Å². The number of fused-ring (bicyclic) bond motifs is 1. The third-order valence-electron chi connectivity index (χ3n) is 5.69. The van der Waals surface area contributed by atoms with Crippen molar-refractivity contribution in [2.75, 3.05) is 19.4 Å². The van der Waals surface area contributed by atoms with E-state index in [1.807, 2.05) is 16.7 Å². The fraction of sp³-hybridized carbons (Fsp3) is 0.333. The molecule has 0 amide bonds. The highest BCUT2D eigenvalue weighted by molar-refractivity contribution is 7.51. The molecule has 0 spiro atoms. The zero-order valence-electron chi connectivity index (χ0n) is 18.8. The van der Waals surface area contributed by atoms with Crippen molar-refractivity contribution in [1.29, 1.82) is 0 Å². The number of rotatable bonds is 9. The molecule has 4 atom stereocenters. The highest BCUT2D eigenvalue weighted by atomic mass is 35.5. The molecule has 3 aromatic rings. The summed E-state index contributed by atoms with van der Waals surface area (Å²) in [7, 11) is -2.66. The maximum absolute atomic E-state index is 13.7. The lowest BCUT2D eigenvalue weighted by molar-refractivity contribution is -0.140. The van der Waals surface area contributed by atoms with Crippen molar-refractivity contribution in [2.24, 2.45) is 5.92 Å². The van der Waals surface area contributed by atoms with Crippen molar-refractivity contribution >= 4 is 54.0 Å². The molecule has 35 heavy (non-hydrogen) atoms. The van der Waals surface area contributed by atoms with Crippen LogP contribution < -0.4 is 10.3 Å². The standard InChI is InChI=1S/C21H23Cl2N6O5P/c1-12(20(30)31)28(2)35(32,34-16-7-4-14(22)5-8-16)33-10-13-3-6-15(9-13)29-11-25-17-18(23)26-21(24)27-19(17)29/h3-8,11-13,15H,9-10H2,1-2H3,(H,30,31)(H2,24,26,27)/t12-,13+,15-,35?/m0/s1. The van der Waals surface area contributed by atoms with Crippen molar-refractivity contribution in [2.45, 2.75) is 25.4 Å². The number of hydrogen-bond donors (Lipinski definition) is 2. The number of aromatic nitrogens is 4. The third-order valence-corrected chi connectivity index (χ3v) is 8.25. The van der Waals surface area contributed by atoms with Gasteiger partial charge >= 0.3 is 13.7 Å². The molecule has 0 saturated heterocycles. The van der Waals surface area contributed by atoms with Gasteiger partial charge < -0.3 is 19.9 Å². The summed E-state index contributed by atoms with van der Waals surface area (Å²) >= 11 is 12.0. The minimum atomic E-state index is -4.04. The number of likely N-dealkylation sites (N-methyl/N-ethyl adjacent to an activating group) is 1. The van der Waals surface area contributed by atoms with Gasteiger partial charge in [-0.25, -0.2) is 9.55 Å². The van der Waals surface area contributed by atoms with Gasteiger partial charge in [0.05, 0.1) is 19.0 Å². The molecule has 1 aliphatic carbocycles. The molecule has 2 aromatic heterocycles. The maximum atomic E-state index is 13.7. The van der Waals surface area contributed by atoms with Gasteiger partial charge in [-0.1, -0.05) is 35.4 Å². The van der Waals surface area contributed by atoms with E-state index in [4.69, 9.17) is 38.0 Å². The van der Waals surface area contributed by atoms with Crippen LogP contribution in [-0.2, 0) is 13.9 Å². The lowest BCUT2D eigenvalue weighted by Crippen LogP contribution is -2.35. The van der Waals surface area contributed by atoms with Gasteiger partial charge in [0.2, 0.25) is 5.95 Å². The Labute approximate surface area is 211 Å². The van der Waals surface area contributed by atoms with E-state index >= 15 is 0 Å². The Morgan fingerprint density at radius 2 is 2.03 bits per heavy atom. The average Bonchev–Trinajstić information content (AvgIpc) is 3.45. The van der Waals surface area contributed by atoms with Crippen molar-refractivity contribution in [1.82, 2.24) is 24.2 Å². The summed E-state index contributed by atoms with van der Waals surface area (Å²) in [6.07, 6.45) is 6.08. The number of carboxylic acids is 1. The predicted octanol–water partition coefficient (Wildman–Crippen LogP) is 4.44. The van der Waals surface area contributed by atoms with Gasteiger partial charge in [-0.3, -0.25) is 9.32 Å². The summed E-state index contributed by atoms with van der Waals surface area (Å²) in [4.78, 5) is 24.0. The van der Waals surface area contributed by atoms with Gasteiger partial charge in [0.25, 0.3) is 0 Å². The largest absolute Gasteiger partial charge is 0.480 e. The molecule has 1 unspecified atom stereocenters. The zero-order chi connectivity index (χ0) is 25.3. The number of nitrogens with two attached hydrogens (primary N) is 1. The molecule has 0 saturated carbocycles. The maximum Gasteiger partial charge on any atom is 0.461 e. The molecule has 4 rings (SSSR count). The second-order valence-corrected chi connectivity index (χ2v) is 10.8. The minimum Gasteiger partial charge on any atom is -0.480 e. The van der Waals surface area contributed by atoms with Crippen LogP contribution in [0.5, 0.6) is 5.75 Å². The van der Waals surface area contributed by atoms with Gasteiger partial charge in [-0.15, -0.1) is 0 Å². The van der Waals surface area contributed by atoms with Crippen molar-refractivity contribution < 1.29 is 23.5 Å². The molecule has 3 N–H and O–H groups in total. The van der Waals surface area contributed by atoms with E-state index in [1.165, 1.54) is 26.1 Å². The average molecular weight is 541 g/mol. The van der Waals surface area contributed by atoms with E-state index in [0.29, 0.717) is 22.6 Å². The smallest absolute Gasteiger partial charge is 0.461 e. The van der Waals surface area contributed by atoms with Crippen LogP contribution in [0.25, 0.3) is 11.2 Å². The lowest BCUT2D eigenvalue weighted by atomic mass is 10.1. The highest BCUT2D eigenvalue weighted by Gasteiger charge is 2.39. The summed E-state index contributed by atoms with van der Waals surface area (Å²) in [6, 6.07) is 4.98. The van der Waals surface area contributed by atoms with Crippen LogP contribution >= 0.6 is 30.9 Å². The number of aliphatic carboxylic acids is 1. The van der Waals surface area contributed by atoms with Crippen LogP contribution in [0.3, 0.4) is 0 Å². The number of carbonyl (C=O) groups is 1. The first-order valence-corrected chi connectivity index (χ1v) is 12.8. The van der Waals surface area contributed by atoms with E-state index in [1.54, 1.807) is 18.5 Å². The van der Waals surface area contributed by atoms with E-state index < -0.39 is 19.8 Å². The number of halogens is 2. The first-order valence-electron chi connectivity index (χ1n) is 10.6. The predicted molar refractivity (Wildman–Crippen MR) is 132 cm³/mol. The van der Waals surface area contributed by atoms with Gasteiger partial charge in [0.15, 0.2) is 10.8 Å². The molecule has 1 aliphatic rings.